The van der Waals surface area contributed by atoms with Gasteiger partial charge in [-0.15, -0.1) is 24.1 Å². The first-order valence-electron chi connectivity index (χ1n) is 9.66. The molecule has 0 unspecified atom stereocenters. The predicted molar refractivity (Wildman–Crippen MR) is 132 cm³/mol. The zero-order chi connectivity index (χ0) is 20.4. The van der Waals surface area contributed by atoms with Crippen LogP contribution in [-0.2, 0) is 42.1 Å². The van der Waals surface area contributed by atoms with Crippen LogP contribution in [0.15, 0.2) is 48.5 Å². The smallest absolute Gasteiger partial charge is 0.324 e. The first-order valence-corrected chi connectivity index (χ1v) is 9.66. The quantitative estimate of drug-likeness (QED) is 0.285. The molecule has 0 N–H and O–H groups in total. The van der Waals surface area contributed by atoms with Gasteiger partial charge in [0, 0.05) is 0 Å². The fourth-order valence-corrected chi connectivity index (χ4v) is 1.69. The van der Waals surface area contributed by atoms with Gasteiger partial charge >= 0.3 is 42.1 Å². The summed E-state index contributed by atoms with van der Waals surface area (Å²) in [6, 6.07) is 18.8. The van der Waals surface area contributed by atoms with Gasteiger partial charge in [-0.25, -0.2) is 24.3 Å². The first kappa shape index (κ1) is 43.2. The molecule has 168 valence electrons. The minimum Gasteiger partial charge on any atom is -0.324 e. The molecule has 0 radical (unpaired) electrons. The minimum absolute atomic E-state index is 0. The molecule has 0 nitrogen and oxygen atoms in total. The average molecular weight is 748 g/mol. The van der Waals surface area contributed by atoms with Gasteiger partial charge in [-0.05, 0) is 0 Å². The van der Waals surface area contributed by atoms with E-state index in [9.17, 15) is 0 Å². The van der Waals surface area contributed by atoms with Gasteiger partial charge in [0.1, 0.15) is 0 Å². The maximum Gasteiger partial charge on any atom is 2.00 e. The zero-order valence-electron chi connectivity index (χ0n) is 18.7. The molecule has 0 spiro atoms. The van der Waals surface area contributed by atoms with E-state index < -0.39 is 0 Å². The third-order valence-electron chi connectivity index (χ3n) is 2.71. The molecule has 0 aliphatic rings. The summed E-state index contributed by atoms with van der Waals surface area (Å²) in [6.07, 6.45) is 8.43. The van der Waals surface area contributed by atoms with Crippen molar-refractivity contribution >= 4 is 18.7 Å². The van der Waals surface area contributed by atoms with Gasteiger partial charge in [-0.1, -0.05) is 76.2 Å². The summed E-state index contributed by atoms with van der Waals surface area (Å²) in [7, 11) is 0. The second kappa shape index (κ2) is 30.5. The molecule has 0 saturated carbocycles. The Balaban J connectivity index is -0.0000000738. The summed E-state index contributed by atoms with van der Waals surface area (Å²) in [5.74, 6) is 0.920. The predicted octanol–water partition coefficient (Wildman–Crippen LogP) is 7.57. The van der Waals surface area contributed by atoms with Crippen LogP contribution in [-0.4, -0.2) is 0 Å². The molecular weight excluding hydrogens is 704 g/mol. The molecule has 0 saturated heterocycles. The Hall–Kier alpha value is -0.703. The topological polar surface area (TPSA) is 0 Å². The minimum atomic E-state index is 0. The first-order chi connectivity index (χ1) is 12.5. The van der Waals surface area contributed by atoms with Gasteiger partial charge in [0.25, 0.3) is 0 Å². The number of rotatable bonds is 3. The Labute approximate surface area is 218 Å². The van der Waals surface area contributed by atoms with Crippen LogP contribution >= 0.6 is 0 Å². The van der Waals surface area contributed by atoms with Gasteiger partial charge in [-0.3, -0.25) is 12.7 Å². The summed E-state index contributed by atoms with van der Waals surface area (Å²) in [5, 5.41) is 1.82. The van der Waals surface area contributed by atoms with Crippen molar-refractivity contribution in [2.24, 2.45) is 11.8 Å². The van der Waals surface area contributed by atoms with E-state index in [0.29, 0.717) is 11.8 Å². The van der Waals surface area contributed by atoms with Crippen molar-refractivity contribution in [2.75, 3.05) is 0 Å². The van der Waals surface area contributed by atoms with Crippen molar-refractivity contribution in [3.05, 3.63) is 76.7 Å². The summed E-state index contributed by atoms with van der Waals surface area (Å²) in [4.78, 5) is 0. The van der Waals surface area contributed by atoms with E-state index in [4.69, 9.17) is 6.58 Å². The second-order valence-corrected chi connectivity index (χ2v) is 5.67. The Kier molecular flexibility index (Phi) is 43.9. The molecule has 0 aromatic heterocycles. The van der Waals surface area contributed by atoms with E-state index in [1.165, 1.54) is 0 Å². The molecule has 2 aromatic rings. The summed E-state index contributed by atoms with van der Waals surface area (Å²) < 4.78 is 0. The van der Waals surface area contributed by atoms with Crippen molar-refractivity contribution < 1.29 is 42.1 Å². The van der Waals surface area contributed by atoms with Gasteiger partial charge < -0.3 is 28.2 Å². The Morgan fingerprint density at radius 2 is 1.30 bits per heavy atom. The standard InChI is InChI=1S/2C11H12.2C2H6.2CH4.2W/c1-9(2)8-11-7-5-4-6-10(11)3;1-10(2)8-9-11-6-4-3-5-7-11;2*1-2;;;;/h3-7,9H,1-2H3;3-6,9-10H,1-2H3;2*1-2H3;2*1H4;;/q2*-2;;;;;2*+2. The molecule has 2 heteroatoms. The Morgan fingerprint density at radius 3 is 1.70 bits per heavy atom. The normalized spacial score (nSPS) is 9.07. The molecule has 0 aliphatic heterocycles. The molecule has 30 heavy (non-hydrogen) atoms. The summed E-state index contributed by atoms with van der Waals surface area (Å²) in [5.41, 5.74) is 1.10. The third kappa shape index (κ3) is 25.3. The van der Waals surface area contributed by atoms with Gasteiger partial charge in [-0.2, -0.15) is 12.1 Å². The maximum atomic E-state index is 5.71. The van der Waals surface area contributed by atoms with E-state index in [0.717, 1.165) is 16.0 Å². The molecule has 2 rings (SSSR count). The van der Waals surface area contributed by atoms with Crippen LogP contribution in [0.1, 0.15) is 75.8 Å². The number of hydrogen-bond acceptors (Lipinski definition) is 0. The fraction of sp³-hybridized carbons (Fsp3) is 0.429. The number of hydrogen-bond donors (Lipinski definition) is 0. The molecule has 0 bridgehead atoms. The molecule has 0 heterocycles. The van der Waals surface area contributed by atoms with Crippen LogP contribution in [0.25, 0.3) is 18.7 Å². The van der Waals surface area contributed by atoms with E-state index in [1.54, 1.807) is 0 Å². The second-order valence-electron chi connectivity index (χ2n) is 5.67. The Bertz CT molecular complexity index is 671. The molecule has 0 amide bonds. The maximum absolute atomic E-state index is 5.71. The third-order valence-corrected chi connectivity index (χ3v) is 2.71. The Morgan fingerprint density at radius 1 is 0.800 bits per heavy atom. The fourth-order valence-electron chi connectivity index (χ4n) is 1.69. The molecule has 2 aromatic carbocycles. The van der Waals surface area contributed by atoms with Gasteiger partial charge in [0.2, 0.25) is 0 Å². The number of benzene rings is 2. The van der Waals surface area contributed by atoms with Crippen LogP contribution in [0, 0.1) is 24.0 Å². The SMILES string of the molecule is C.C.CC.CC.CC(C)[C-]=Cc1[c-]cccc1.[CH-]=c1ccccc1=[C-]C(C)C.[W+2].[W+2]. The van der Waals surface area contributed by atoms with Crippen molar-refractivity contribution in [1.82, 2.24) is 0 Å². The van der Waals surface area contributed by atoms with Crippen molar-refractivity contribution in [3.63, 3.8) is 0 Å². The van der Waals surface area contributed by atoms with Crippen LogP contribution in [0.4, 0.5) is 0 Å². The van der Waals surface area contributed by atoms with Crippen LogP contribution in [0.2, 0.25) is 0 Å². The molecule has 0 atom stereocenters. The zero-order valence-corrected chi connectivity index (χ0v) is 24.6. The van der Waals surface area contributed by atoms with Crippen molar-refractivity contribution in [1.29, 1.82) is 0 Å². The van der Waals surface area contributed by atoms with Crippen LogP contribution in [0.3, 0.4) is 0 Å². The molecule has 0 fully saturated rings. The molecular formula is C28H44W2. The van der Waals surface area contributed by atoms with Crippen molar-refractivity contribution in [3.8, 4) is 0 Å². The summed E-state index contributed by atoms with van der Waals surface area (Å²) in [6.45, 7) is 22.1. The summed E-state index contributed by atoms with van der Waals surface area (Å²) >= 11 is 0. The number of allylic oxidation sites excluding steroid dienone is 1. The van der Waals surface area contributed by atoms with Crippen molar-refractivity contribution in [2.45, 2.75) is 70.2 Å². The largest absolute Gasteiger partial charge is 2.00 e. The van der Waals surface area contributed by atoms with E-state index in [2.05, 4.69) is 45.9 Å². The molecule has 0 aliphatic carbocycles. The van der Waals surface area contributed by atoms with Gasteiger partial charge in [0.15, 0.2) is 0 Å². The van der Waals surface area contributed by atoms with E-state index in [1.807, 2.05) is 82.3 Å². The average Bonchev–Trinajstić information content (AvgIpc) is 2.66. The van der Waals surface area contributed by atoms with E-state index >= 15 is 0 Å². The van der Waals surface area contributed by atoms with Crippen LogP contribution in [0.5, 0.6) is 0 Å². The monoisotopic (exact) mass is 748 g/mol. The van der Waals surface area contributed by atoms with Gasteiger partial charge in [0.05, 0.1) is 0 Å². The van der Waals surface area contributed by atoms with Crippen LogP contribution < -0.4 is 10.4 Å². The van der Waals surface area contributed by atoms with E-state index in [-0.39, 0.29) is 57.0 Å².